The third-order valence-electron chi connectivity index (χ3n) is 6.27. The van der Waals surface area contributed by atoms with Crippen molar-refractivity contribution in [1.29, 1.82) is 0 Å². The molecule has 0 radical (unpaired) electrons. The molecule has 11 nitrogen and oxygen atoms in total. The summed E-state index contributed by atoms with van der Waals surface area (Å²) in [4.78, 5) is 39.2. The third kappa shape index (κ3) is 6.66. The number of ether oxygens (including phenoxy) is 6. The lowest BCUT2D eigenvalue weighted by Gasteiger charge is -2.30. The Labute approximate surface area is 232 Å². The number of piperidine rings is 1. The van der Waals surface area contributed by atoms with Crippen molar-refractivity contribution in [2.45, 2.75) is 12.8 Å². The first kappa shape index (κ1) is 29.9. The molecule has 2 aromatic rings. The minimum Gasteiger partial charge on any atom is -0.493 e. The van der Waals surface area contributed by atoms with E-state index >= 15 is 0 Å². The Kier molecular flexibility index (Phi) is 10.0. The van der Waals surface area contributed by atoms with Crippen molar-refractivity contribution in [1.82, 2.24) is 4.90 Å². The van der Waals surface area contributed by atoms with Gasteiger partial charge in [0.05, 0.1) is 49.1 Å². The van der Waals surface area contributed by atoms with Crippen LogP contribution in [0.1, 0.15) is 24.0 Å². The highest BCUT2D eigenvalue weighted by Gasteiger charge is 2.30. The number of carbonyl (C=O) groups is 3. The Balaban J connectivity index is 2.12. The van der Waals surface area contributed by atoms with E-state index < -0.39 is 5.97 Å². The number of hydrogen-bond acceptors (Lipinski definition) is 9. The highest BCUT2D eigenvalue weighted by atomic mass is 16.5. The molecule has 0 spiro atoms. The molecule has 1 saturated heterocycles. The van der Waals surface area contributed by atoms with Crippen molar-refractivity contribution < 1.29 is 47.9 Å². The topological polar surface area (TPSA) is 130 Å². The SMILES string of the molecule is COc1cc(/C=C2\CN(C(=O)CCC(=O)O)C/C(=C\c3cc(OC)c(OC)c(OC)c3)C2=O)cc(OC)c1OC. The summed E-state index contributed by atoms with van der Waals surface area (Å²) in [6.07, 6.45) is 2.78. The normalized spacial score (nSPS) is 15.2. The molecule has 1 aliphatic heterocycles. The van der Waals surface area contributed by atoms with Crippen LogP contribution in [0.4, 0.5) is 0 Å². The molecule has 1 heterocycles. The fourth-order valence-corrected chi connectivity index (χ4v) is 4.36. The monoisotopic (exact) mass is 555 g/mol. The maximum atomic E-state index is 13.7. The molecule has 214 valence electrons. The maximum Gasteiger partial charge on any atom is 0.303 e. The van der Waals surface area contributed by atoms with E-state index in [1.165, 1.54) is 47.6 Å². The van der Waals surface area contributed by atoms with E-state index in [1.807, 2.05) is 0 Å². The summed E-state index contributed by atoms with van der Waals surface area (Å²) in [7, 11) is 8.93. The lowest BCUT2D eigenvalue weighted by atomic mass is 9.93. The van der Waals surface area contributed by atoms with E-state index in [9.17, 15) is 14.4 Å². The summed E-state index contributed by atoms with van der Waals surface area (Å²) < 4.78 is 32.5. The van der Waals surface area contributed by atoms with Crippen LogP contribution in [-0.2, 0) is 14.4 Å². The zero-order valence-corrected chi connectivity index (χ0v) is 23.4. The molecule has 1 aliphatic rings. The molecule has 1 N–H and O–H groups in total. The maximum absolute atomic E-state index is 13.7. The van der Waals surface area contributed by atoms with Gasteiger partial charge in [0.1, 0.15) is 0 Å². The molecular formula is C29H33NO10. The van der Waals surface area contributed by atoms with Gasteiger partial charge in [0.25, 0.3) is 0 Å². The average molecular weight is 556 g/mol. The number of carbonyl (C=O) groups excluding carboxylic acids is 2. The number of rotatable bonds is 11. The number of methoxy groups -OCH3 is 6. The molecule has 0 unspecified atom stereocenters. The van der Waals surface area contributed by atoms with Gasteiger partial charge in [0.2, 0.25) is 17.4 Å². The molecule has 0 aliphatic carbocycles. The largest absolute Gasteiger partial charge is 0.493 e. The molecule has 0 aromatic heterocycles. The summed E-state index contributed by atoms with van der Waals surface area (Å²) >= 11 is 0. The molecule has 2 aromatic carbocycles. The number of carboxylic acid groups (broad SMARTS) is 1. The first-order valence-corrected chi connectivity index (χ1v) is 12.2. The van der Waals surface area contributed by atoms with Crippen molar-refractivity contribution in [3.63, 3.8) is 0 Å². The van der Waals surface area contributed by atoms with Crippen LogP contribution in [0.5, 0.6) is 34.5 Å². The van der Waals surface area contributed by atoms with Gasteiger partial charge in [0.15, 0.2) is 28.8 Å². The molecule has 0 saturated carbocycles. The summed E-state index contributed by atoms with van der Waals surface area (Å²) in [5.41, 5.74) is 1.82. The number of nitrogens with zero attached hydrogens (tertiary/aromatic N) is 1. The molecule has 1 amide bonds. The fourth-order valence-electron chi connectivity index (χ4n) is 4.36. The Morgan fingerprint density at radius 1 is 0.700 bits per heavy atom. The highest BCUT2D eigenvalue weighted by Crippen LogP contribution is 2.40. The van der Waals surface area contributed by atoms with Crippen molar-refractivity contribution in [2.24, 2.45) is 0 Å². The number of amides is 1. The third-order valence-corrected chi connectivity index (χ3v) is 6.27. The quantitative estimate of drug-likeness (QED) is 0.411. The predicted molar refractivity (Wildman–Crippen MR) is 147 cm³/mol. The molecule has 40 heavy (non-hydrogen) atoms. The minimum atomic E-state index is -1.08. The van der Waals surface area contributed by atoms with E-state index in [0.717, 1.165) is 0 Å². The van der Waals surface area contributed by atoms with Crippen LogP contribution < -0.4 is 28.4 Å². The van der Waals surface area contributed by atoms with Crippen LogP contribution >= 0.6 is 0 Å². The number of ketones is 1. The van der Waals surface area contributed by atoms with Gasteiger partial charge in [-0.15, -0.1) is 0 Å². The van der Waals surface area contributed by atoms with Gasteiger partial charge < -0.3 is 38.4 Å². The molecule has 0 atom stereocenters. The van der Waals surface area contributed by atoms with Crippen LogP contribution in [0.25, 0.3) is 12.2 Å². The number of carboxylic acids is 1. The van der Waals surface area contributed by atoms with Crippen LogP contribution in [0, 0.1) is 0 Å². The Bertz CT molecular complexity index is 1210. The van der Waals surface area contributed by atoms with Crippen molar-refractivity contribution in [3.8, 4) is 34.5 Å². The Morgan fingerprint density at radius 2 is 1.07 bits per heavy atom. The number of likely N-dealkylation sites (tertiary alicyclic amines) is 1. The zero-order chi connectivity index (χ0) is 29.4. The van der Waals surface area contributed by atoms with Gasteiger partial charge in [-0.05, 0) is 47.5 Å². The minimum absolute atomic E-state index is 0.000536. The predicted octanol–water partition coefficient (Wildman–Crippen LogP) is 3.48. The van der Waals surface area contributed by atoms with Gasteiger partial charge in [-0.25, -0.2) is 0 Å². The summed E-state index contributed by atoms with van der Waals surface area (Å²) in [6, 6.07) is 6.76. The zero-order valence-electron chi connectivity index (χ0n) is 23.4. The molecule has 0 bridgehead atoms. The fraction of sp³-hybridized carbons (Fsp3) is 0.345. The lowest BCUT2D eigenvalue weighted by molar-refractivity contribution is -0.141. The number of hydrogen-bond donors (Lipinski definition) is 1. The van der Waals surface area contributed by atoms with Crippen molar-refractivity contribution in [3.05, 3.63) is 46.5 Å². The van der Waals surface area contributed by atoms with Gasteiger partial charge in [-0.3, -0.25) is 14.4 Å². The smallest absolute Gasteiger partial charge is 0.303 e. The Hall–Kier alpha value is -4.67. The van der Waals surface area contributed by atoms with Crippen LogP contribution in [-0.4, -0.2) is 83.4 Å². The van der Waals surface area contributed by atoms with Crippen LogP contribution in [0.15, 0.2) is 35.4 Å². The van der Waals surface area contributed by atoms with Gasteiger partial charge in [0, 0.05) is 30.7 Å². The Morgan fingerprint density at radius 3 is 1.38 bits per heavy atom. The second kappa shape index (κ2) is 13.4. The van der Waals surface area contributed by atoms with E-state index in [1.54, 1.807) is 36.4 Å². The van der Waals surface area contributed by atoms with E-state index in [0.29, 0.717) is 56.8 Å². The van der Waals surface area contributed by atoms with Crippen molar-refractivity contribution >= 4 is 29.8 Å². The lowest BCUT2D eigenvalue weighted by Crippen LogP contribution is -2.41. The van der Waals surface area contributed by atoms with E-state index in [2.05, 4.69) is 0 Å². The number of benzene rings is 2. The first-order chi connectivity index (χ1) is 19.2. The van der Waals surface area contributed by atoms with Gasteiger partial charge in [-0.1, -0.05) is 0 Å². The molecule has 1 fully saturated rings. The average Bonchev–Trinajstić information content (AvgIpc) is 2.96. The van der Waals surface area contributed by atoms with E-state index in [4.69, 9.17) is 33.5 Å². The highest BCUT2D eigenvalue weighted by molar-refractivity contribution is 6.15. The van der Waals surface area contributed by atoms with Crippen LogP contribution in [0.2, 0.25) is 0 Å². The molecule has 11 heteroatoms. The van der Waals surface area contributed by atoms with Gasteiger partial charge in [-0.2, -0.15) is 0 Å². The van der Waals surface area contributed by atoms with Gasteiger partial charge >= 0.3 is 5.97 Å². The summed E-state index contributed by atoms with van der Waals surface area (Å²) in [5.74, 6) is 0.665. The first-order valence-electron chi connectivity index (χ1n) is 12.2. The second-order valence-corrected chi connectivity index (χ2v) is 8.73. The van der Waals surface area contributed by atoms with Crippen LogP contribution in [0.3, 0.4) is 0 Å². The summed E-state index contributed by atoms with van der Waals surface area (Å²) in [5, 5.41) is 9.06. The molecule has 3 rings (SSSR count). The standard InChI is InChI=1S/C29H33NO10/c1-35-21-11-17(12-22(36-2)28(21)39-5)9-19-15-30(25(31)7-8-26(32)33)16-20(27(19)34)10-18-13-23(37-3)29(40-6)24(14-18)38-4/h9-14H,7-8,15-16H2,1-6H3,(H,32,33)/b19-9+,20-10+. The second-order valence-electron chi connectivity index (χ2n) is 8.73. The van der Waals surface area contributed by atoms with Crippen molar-refractivity contribution in [2.75, 3.05) is 55.7 Å². The summed E-state index contributed by atoms with van der Waals surface area (Å²) in [6.45, 7) is 0.00107. The number of aliphatic carboxylic acids is 1. The molecular weight excluding hydrogens is 522 g/mol. The number of Topliss-reactive ketones (excluding diaryl/α,β-unsaturated/α-hetero) is 1. The van der Waals surface area contributed by atoms with E-state index in [-0.39, 0.29) is 37.6 Å².